The molecule has 3 N–H and O–H groups in total. The van der Waals surface area contributed by atoms with E-state index in [0.29, 0.717) is 0 Å². The van der Waals surface area contributed by atoms with Crippen LogP contribution < -0.4 is 11.3 Å². The lowest BCUT2D eigenvalue weighted by Crippen LogP contribution is -2.39. The van der Waals surface area contributed by atoms with Gasteiger partial charge in [0.15, 0.2) is 0 Å². The number of hydrogen-bond acceptors (Lipinski definition) is 3. The third-order valence-electron chi connectivity index (χ3n) is 2.08. The summed E-state index contributed by atoms with van der Waals surface area (Å²) in [5.41, 5.74) is 2.21. The summed E-state index contributed by atoms with van der Waals surface area (Å²) in [6, 6.07) is 7.88. The smallest absolute Gasteiger partial charge is 0.247 e. The number of halogens is 1. The summed E-state index contributed by atoms with van der Waals surface area (Å²) >= 11 is 4.90. The number of nitrogens with one attached hydrogen (secondary N) is 1. The average molecular weight is 303 g/mol. The fourth-order valence-electron chi connectivity index (χ4n) is 1.23. The molecule has 5 heteroatoms. The SMILES string of the molecule is CC(C)C(Sc1ccc(Br)cc1)C(=O)NN. The number of thioether (sulfide) groups is 1. The van der Waals surface area contributed by atoms with Crippen LogP contribution in [0.5, 0.6) is 0 Å². The van der Waals surface area contributed by atoms with Gasteiger partial charge in [0.2, 0.25) is 5.91 Å². The molecule has 1 unspecified atom stereocenters. The van der Waals surface area contributed by atoms with Crippen molar-refractivity contribution >= 4 is 33.6 Å². The van der Waals surface area contributed by atoms with E-state index in [1.165, 1.54) is 11.8 Å². The molecule has 88 valence electrons. The van der Waals surface area contributed by atoms with Crippen LogP contribution in [0.25, 0.3) is 0 Å². The monoisotopic (exact) mass is 302 g/mol. The van der Waals surface area contributed by atoms with Gasteiger partial charge in [-0.2, -0.15) is 0 Å². The zero-order chi connectivity index (χ0) is 12.1. The molecule has 1 rings (SSSR count). The number of rotatable bonds is 4. The minimum absolute atomic E-state index is 0.136. The van der Waals surface area contributed by atoms with Gasteiger partial charge in [-0.05, 0) is 30.2 Å². The number of carbonyl (C=O) groups excluding carboxylic acids is 1. The predicted molar refractivity (Wildman–Crippen MR) is 71.0 cm³/mol. The summed E-state index contributed by atoms with van der Waals surface area (Å²) in [6.07, 6.45) is 0. The lowest BCUT2D eigenvalue weighted by molar-refractivity contribution is -0.121. The Balaban J connectivity index is 2.75. The quantitative estimate of drug-likeness (QED) is 0.389. The maximum atomic E-state index is 11.6. The van der Waals surface area contributed by atoms with Crippen LogP contribution in [-0.2, 0) is 4.79 Å². The van der Waals surface area contributed by atoms with E-state index in [4.69, 9.17) is 5.84 Å². The standard InChI is InChI=1S/C11H15BrN2OS/c1-7(2)10(11(15)14-13)16-9-5-3-8(12)4-6-9/h3-7,10H,13H2,1-2H3,(H,14,15). The first kappa shape index (κ1) is 13.5. The highest BCUT2D eigenvalue weighted by molar-refractivity contribution is 9.10. The molecule has 0 heterocycles. The topological polar surface area (TPSA) is 55.1 Å². The van der Waals surface area contributed by atoms with Crippen LogP contribution in [0.2, 0.25) is 0 Å². The van der Waals surface area contributed by atoms with Crippen LogP contribution in [0.4, 0.5) is 0 Å². The van der Waals surface area contributed by atoms with Gasteiger partial charge in [0.05, 0.1) is 5.25 Å². The fourth-order valence-corrected chi connectivity index (χ4v) is 2.53. The van der Waals surface area contributed by atoms with Crippen molar-refractivity contribution in [2.24, 2.45) is 11.8 Å². The molecule has 0 saturated carbocycles. The third-order valence-corrected chi connectivity index (χ3v) is 4.17. The molecule has 1 atom stereocenters. The Morgan fingerprint density at radius 2 is 1.94 bits per heavy atom. The van der Waals surface area contributed by atoms with Crippen molar-refractivity contribution in [3.63, 3.8) is 0 Å². The van der Waals surface area contributed by atoms with Crippen LogP contribution in [0.1, 0.15) is 13.8 Å². The summed E-state index contributed by atoms with van der Waals surface area (Å²) < 4.78 is 1.03. The van der Waals surface area contributed by atoms with Crippen LogP contribution in [0.15, 0.2) is 33.6 Å². The minimum atomic E-state index is -0.161. The maximum absolute atomic E-state index is 11.6. The molecule has 0 bridgehead atoms. The van der Waals surface area contributed by atoms with E-state index in [2.05, 4.69) is 21.4 Å². The summed E-state index contributed by atoms with van der Waals surface area (Å²) in [5.74, 6) is 5.27. The van der Waals surface area contributed by atoms with Gasteiger partial charge in [-0.25, -0.2) is 5.84 Å². The Bertz CT molecular complexity index is 354. The second-order valence-corrected chi connectivity index (χ2v) is 5.88. The van der Waals surface area contributed by atoms with Crippen LogP contribution >= 0.6 is 27.7 Å². The van der Waals surface area contributed by atoms with Gasteiger partial charge in [-0.15, -0.1) is 11.8 Å². The maximum Gasteiger partial charge on any atom is 0.247 e. The molecule has 0 aromatic heterocycles. The molecule has 1 aromatic rings. The summed E-state index contributed by atoms with van der Waals surface area (Å²) in [7, 11) is 0. The van der Waals surface area contributed by atoms with Gasteiger partial charge in [-0.3, -0.25) is 10.2 Å². The first-order chi connectivity index (χ1) is 7.54. The van der Waals surface area contributed by atoms with Crippen molar-refractivity contribution in [2.75, 3.05) is 0 Å². The van der Waals surface area contributed by atoms with Gasteiger partial charge in [0.1, 0.15) is 0 Å². The Labute approximate surface area is 108 Å². The van der Waals surface area contributed by atoms with E-state index < -0.39 is 0 Å². The zero-order valence-electron chi connectivity index (χ0n) is 9.24. The van der Waals surface area contributed by atoms with Crippen molar-refractivity contribution in [2.45, 2.75) is 24.0 Å². The molecule has 3 nitrogen and oxygen atoms in total. The van der Waals surface area contributed by atoms with Crippen molar-refractivity contribution in [1.29, 1.82) is 0 Å². The lowest BCUT2D eigenvalue weighted by atomic mass is 10.1. The van der Waals surface area contributed by atoms with Gasteiger partial charge in [-0.1, -0.05) is 29.8 Å². The molecule has 0 aliphatic carbocycles. The van der Waals surface area contributed by atoms with E-state index in [1.807, 2.05) is 38.1 Å². The largest absolute Gasteiger partial charge is 0.293 e. The molecular formula is C11H15BrN2OS. The average Bonchev–Trinajstić information content (AvgIpc) is 2.27. The summed E-state index contributed by atoms with van der Waals surface area (Å²) in [6.45, 7) is 4.01. The number of amides is 1. The third kappa shape index (κ3) is 3.81. The Morgan fingerprint density at radius 1 is 1.38 bits per heavy atom. The second-order valence-electron chi connectivity index (χ2n) is 3.74. The molecule has 0 radical (unpaired) electrons. The molecule has 0 aliphatic rings. The summed E-state index contributed by atoms with van der Waals surface area (Å²) in [5, 5.41) is -0.161. The number of nitrogens with two attached hydrogens (primary N) is 1. The molecule has 0 spiro atoms. The van der Waals surface area contributed by atoms with Crippen molar-refractivity contribution in [3.8, 4) is 0 Å². The molecule has 0 saturated heterocycles. The minimum Gasteiger partial charge on any atom is -0.293 e. The highest BCUT2D eigenvalue weighted by Gasteiger charge is 2.22. The van der Waals surface area contributed by atoms with E-state index >= 15 is 0 Å². The molecule has 16 heavy (non-hydrogen) atoms. The lowest BCUT2D eigenvalue weighted by Gasteiger charge is -2.18. The predicted octanol–water partition coefficient (Wildman–Crippen LogP) is 2.56. The van der Waals surface area contributed by atoms with Crippen LogP contribution in [0, 0.1) is 5.92 Å². The van der Waals surface area contributed by atoms with Gasteiger partial charge >= 0.3 is 0 Å². The molecule has 1 amide bonds. The highest BCUT2D eigenvalue weighted by Crippen LogP contribution is 2.29. The second kappa shape index (κ2) is 6.27. The van der Waals surface area contributed by atoms with E-state index in [9.17, 15) is 4.79 Å². The summed E-state index contributed by atoms with van der Waals surface area (Å²) in [4.78, 5) is 12.6. The Kier molecular flexibility index (Phi) is 5.31. The van der Waals surface area contributed by atoms with Crippen LogP contribution in [0.3, 0.4) is 0 Å². The van der Waals surface area contributed by atoms with Gasteiger partial charge in [0.25, 0.3) is 0 Å². The van der Waals surface area contributed by atoms with E-state index in [0.717, 1.165) is 9.37 Å². The van der Waals surface area contributed by atoms with E-state index in [-0.39, 0.29) is 17.1 Å². The first-order valence-electron chi connectivity index (χ1n) is 4.97. The van der Waals surface area contributed by atoms with Crippen molar-refractivity contribution < 1.29 is 4.79 Å². The Hall–Kier alpha value is -0.520. The molecule has 0 aliphatic heterocycles. The fraction of sp³-hybridized carbons (Fsp3) is 0.364. The molecule has 0 fully saturated rings. The highest BCUT2D eigenvalue weighted by atomic mass is 79.9. The van der Waals surface area contributed by atoms with E-state index in [1.54, 1.807) is 0 Å². The first-order valence-corrected chi connectivity index (χ1v) is 6.64. The normalized spacial score (nSPS) is 12.6. The van der Waals surface area contributed by atoms with Gasteiger partial charge in [0, 0.05) is 9.37 Å². The van der Waals surface area contributed by atoms with Gasteiger partial charge < -0.3 is 0 Å². The zero-order valence-corrected chi connectivity index (χ0v) is 11.6. The number of carbonyl (C=O) groups is 1. The number of hydrazine groups is 1. The van der Waals surface area contributed by atoms with Crippen LogP contribution in [-0.4, -0.2) is 11.2 Å². The number of hydrogen-bond donors (Lipinski definition) is 2. The number of benzene rings is 1. The van der Waals surface area contributed by atoms with Crippen molar-refractivity contribution in [1.82, 2.24) is 5.43 Å². The Morgan fingerprint density at radius 3 is 2.38 bits per heavy atom. The molecular weight excluding hydrogens is 288 g/mol. The molecule has 1 aromatic carbocycles. The van der Waals surface area contributed by atoms with Crippen molar-refractivity contribution in [3.05, 3.63) is 28.7 Å².